The number of rotatable bonds is 4. The van der Waals surface area contributed by atoms with E-state index in [2.05, 4.69) is 11.4 Å². The highest BCUT2D eigenvalue weighted by Gasteiger charge is 2.39. The molecule has 0 saturated heterocycles. The van der Waals surface area contributed by atoms with E-state index in [0.717, 1.165) is 12.8 Å². The summed E-state index contributed by atoms with van der Waals surface area (Å²) in [7, 11) is 0. The molecule has 0 amide bonds. The zero-order valence-electron chi connectivity index (χ0n) is 9.70. The van der Waals surface area contributed by atoms with Crippen LogP contribution in [0, 0.1) is 17.2 Å². The molecule has 1 saturated carbocycles. The number of halogens is 1. The fourth-order valence-electron chi connectivity index (χ4n) is 1.88. The molecule has 0 spiro atoms. The SMILES string of the molecule is C[C@](O)(CNc1cc(Cl)ccc1C#N)C1CC1. The summed E-state index contributed by atoms with van der Waals surface area (Å²) in [5, 5.41) is 22.8. The van der Waals surface area contributed by atoms with Gasteiger partial charge in [-0.15, -0.1) is 0 Å². The number of nitrogens with zero attached hydrogens (tertiary/aromatic N) is 1. The minimum atomic E-state index is -0.713. The van der Waals surface area contributed by atoms with Gasteiger partial charge in [-0.05, 0) is 43.9 Å². The maximum atomic E-state index is 10.2. The standard InChI is InChI=1S/C13H15ClN2O/c1-13(17,10-3-4-10)8-16-12-6-11(14)5-2-9(12)7-15/h2,5-6,10,16-17H,3-4,8H2,1H3/t13-/m0/s1. The van der Waals surface area contributed by atoms with Crippen LogP contribution < -0.4 is 5.32 Å². The molecular weight excluding hydrogens is 236 g/mol. The molecule has 0 heterocycles. The molecule has 0 radical (unpaired) electrons. The van der Waals surface area contributed by atoms with Gasteiger partial charge in [-0.1, -0.05) is 11.6 Å². The van der Waals surface area contributed by atoms with Crippen LogP contribution in [0.1, 0.15) is 25.3 Å². The number of hydrogen-bond donors (Lipinski definition) is 2. The Morgan fingerprint density at radius 3 is 2.88 bits per heavy atom. The van der Waals surface area contributed by atoms with Crippen molar-refractivity contribution in [2.75, 3.05) is 11.9 Å². The molecule has 1 aliphatic rings. The van der Waals surface area contributed by atoms with Crippen LogP contribution in [0.5, 0.6) is 0 Å². The van der Waals surface area contributed by atoms with E-state index in [1.165, 1.54) is 0 Å². The van der Waals surface area contributed by atoms with Crippen LogP contribution in [0.25, 0.3) is 0 Å². The van der Waals surface area contributed by atoms with Gasteiger partial charge in [0, 0.05) is 11.6 Å². The predicted molar refractivity (Wildman–Crippen MR) is 68.0 cm³/mol. The van der Waals surface area contributed by atoms with Gasteiger partial charge >= 0.3 is 0 Å². The van der Waals surface area contributed by atoms with Crippen molar-refractivity contribution in [1.82, 2.24) is 0 Å². The molecule has 1 atom stereocenters. The van der Waals surface area contributed by atoms with Crippen molar-refractivity contribution >= 4 is 17.3 Å². The van der Waals surface area contributed by atoms with E-state index in [0.29, 0.717) is 28.7 Å². The van der Waals surface area contributed by atoms with Crippen LogP contribution in [-0.2, 0) is 0 Å². The summed E-state index contributed by atoms with van der Waals surface area (Å²) >= 11 is 5.89. The van der Waals surface area contributed by atoms with E-state index in [4.69, 9.17) is 16.9 Å². The summed E-state index contributed by atoms with van der Waals surface area (Å²) in [4.78, 5) is 0. The average molecular weight is 251 g/mol. The summed E-state index contributed by atoms with van der Waals surface area (Å²) in [5.41, 5.74) is 0.511. The number of benzene rings is 1. The summed E-state index contributed by atoms with van der Waals surface area (Å²) in [6.45, 7) is 2.26. The molecule has 1 fully saturated rings. The number of aliphatic hydroxyl groups is 1. The molecule has 4 heteroatoms. The van der Waals surface area contributed by atoms with E-state index >= 15 is 0 Å². The van der Waals surface area contributed by atoms with Crippen molar-refractivity contribution in [3.8, 4) is 6.07 Å². The summed E-state index contributed by atoms with van der Waals surface area (Å²) < 4.78 is 0. The second kappa shape index (κ2) is 4.56. The molecule has 0 aliphatic heterocycles. The number of nitriles is 1. The van der Waals surface area contributed by atoms with Crippen LogP contribution in [0.15, 0.2) is 18.2 Å². The van der Waals surface area contributed by atoms with Gasteiger partial charge < -0.3 is 10.4 Å². The Morgan fingerprint density at radius 1 is 1.59 bits per heavy atom. The third-order valence-corrected chi connectivity index (χ3v) is 3.43. The van der Waals surface area contributed by atoms with Gasteiger partial charge in [-0.3, -0.25) is 0 Å². The van der Waals surface area contributed by atoms with Gasteiger partial charge in [0.05, 0.1) is 16.9 Å². The average Bonchev–Trinajstić information content (AvgIpc) is 3.11. The van der Waals surface area contributed by atoms with Crippen molar-refractivity contribution in [2.24, 2.45) is 5.92 Å². The maximum absolute atomic E-state index is 10.2. The minimum absolute atomic E-state index is 0.375. The molecule has 0 aromatic heterocycles. The highest BCUT2D eigenvalue weighted by Crippen LogP contribution is 2.39. The Hall–Kier alpha value is -1.24. The van der Waals surface area contributed by atoms with Crippen LogP contribution in [0.4, 0.5) is 5.69 Å². The third kappa shape index (κ3) is 2.91. The molecule has 1 aromatic rings. The first-order chi connectivity index (χ1) is 8.03. The van der Waals surface area contributed by atoms with Crippen molar-refractivity contribution in [3.63, 3.8) is 0 Å². The molecule has 17 heavy (non-hydrogen) atoms. The lowest BCUT2D eigenvalue weighted by molar-refractivity contribution is 0.0503. The molecule has 90 valence electrons. The Morgan fingerprint density at radius 2 is 2.29 bits per heavy atom. The lowest BCUT2D eigenvalue weighted by Gasteiger charge is -2.24. The molecule has 0 unspecified atom stereocenters. The van der Waals surface area contributed by atoms with E-state index < -0.39 is 5.60 Å². The van der Waals surface area contributed by atoms with E-state index in [1.807, 2.05) is 6.92 Å². The van der Waals surface area contributed by atoms with Crippen molar-refractivity contribution < 1.29 is 5.11 Å². The second-order valence-electron chi connectivity index (χ2n) is 4.79. The summed E-state index contributed by atoms with van der Waals surface area (Å²) in [6.07, 6.45) is 2.16. The molecule has 2 N–H and O–H groups in total. The summed E-state index contributed by atoms with van der Waals surface area (Å²) in [5.74, 6) is 0.375. The Bertz CT molecular complexity index is 461. The zero-order valence-corrected chi connectivity index (χ0v) is 10.5. The molecule has 2 rings (SSSR count). The van der Waals surface area contributed by atoms with Crippen molar-refractivity contribution in [1.29, 1.82) is 5.26 Å². The quantitative estimate of drug-likeness (QED) is 0.864. The van der Waals surface area contributed by atoms with Crippen molar-refractivity contribution in [3.05, 3.63) is 28.8 Å². The highest BCUT2D eigenvalue weighted by atomic mass is 35.5. The van der Waals surface area contributed by atoms with Gasteiger partial charge in [0.25, 0.3) is 0 Å². The normalized spacial score (nSPS) is 18.2. The Labute approximate surface area is 106 Å². The molecule has 1 aliphatic carbocycles. The Kier molecular flexibility index (Phi) is 3.28. The summed E-state index contributed by atoms with van der Waals surface area (Å²) in [6, 6.07) is 7.17. The van der Waals surface area contributed by atoms with Gasteiger partial charge in [0.2, 0.25) is 0 Å². The lowest BCUT2D eigenvalue weighted by atomic mass is 10.0. The van der Waals surface area contributed by atoms with Crippen LogP contribution in [0.3, 0.4) is 0 Å². The van der Waals surface area contributed by atoms with Crippen LogP contribution in [-0.4, -0.2) is 17.3 Å². The minimum Gasteiger partial charge on any atom is -0.388 e. The largest absolute Gasteiger partial charge is 0.388 e. The van der Waals surface area contributed by atoms with Crippen molar-refractivity contribution in [2.45, 2.75) is 25.4 Å². The van der Waals surface area contributed by atoms with Crippen LogP contribution in [0.2, 0.25) is 5.02 Å². The smallest absolute Gasteiger partial charge is 0.101 e. The zero-order chi connectivity index (χ0) is 12.5. The molecule has 3 nitrogen and oxygen atoms in total. The number of hydrogen-bond acceptors (Lipinski definition) is 3. The first-order valence-corrected chi connectivity index (χ1v) is 6.06. The first-order valence-electron chi connectivity index (χ1n) is 5.69. The van der Waals surface area contributed by atoms with Gasteiger partial charge in [0.15, 0.2) is 0 Å². The highest BCUT2D eigenvalue weighted by molar-refractivity contribution is 6.30. The van der Waals surface area contributed by atoms with Gasteiger partial charge in [0.1, 0.15) is 6.07 Å². The third-order valence-electron chi connectivity index (χ3n) is 3.20. The number of nitrogens with one attached hydrogen (secondary N) is 1. The fraction of sp³-hybridized carbons (Fsp3) is 0.462. The van der Waals surface area contributed by atoms with Gasteiger partial charge in [-0.2, -0.15) is 5.26 Å². The fourth-order valence-corrected chi connectivity index (χ4v) is 2.06. The Balaban J connectivity index is 2.08. The van der Waals surface area contributed by atoms with Crippen LogP contribution >= 0.6 is 11.6 Å². The first kappa shape index (κ1) is 12.2. The maximum Gasteiger partial charge on any atom is 0.101 e. The lowest BCUT2D eigenvalue weighted by Crippen LogP contribution is -2.35. The van der Waals surface area contributed by atoms with E-state index in [1.54, 1.807) is 18.2 Å². The molecule has 0 bridgehead atoms. The van der Waals surface area contributed by atoms with E-state index in [-0.39, 0.29) is 0 Å². The second-order valence-corrected chi connectivity index (χ2v) is 5.22. The monoisotopic (exact) mass is 250 g/mol. The van der Waals surface area contributed by atoms with E-state index in [9.17, 15) is 5.11 Å². The molecule has 1 aromatic carbocycles. The molecular formula is C13H15ClN2O. The predicted octanol–water partition coefficient (Wildman–Crippen LogP) is 2.78. The van der Waals surface area contributed by atoms with Gasteiger partial charge in [-0.25, -0.2) is 0 Å². The topological polar surface area (TPSA) is 56.0 Å². The number of anilines is 1.